The van der Waals surface area contributed by atoms with E-state index in [0.717, 1.165) is 6.54 Å². The van der Waals surface area contributed by atoms with E-state index in [-0.39, 0.29) is 0 Å². The highest BCUT2D eigenvalue weighted by Gasteiger charge is 2.32. The van der Waals surface area contributed by atoms with Crippen LogP contribution in [0.15, 0.2) is 0 Å². The van der Waals surface area contributed by atoms with E-state index in [1.165, 1.54) is 71.2 Å². The quantitative estimate of drug-likeness (QED) is 0.811. The summed E-state index contributed by atoms with van der Waals surface area (Å²) in [6.07, 6.45) is 8.24. The van der Waals surface area contributed by atoms with Gasteiger partial charge in [0.15, 0.2) is 0 Å². The van der Waals surface area contributed by atoms with E-state index in [4.69, 9.17) is 5.73 Å². The molecule has 1 aliphatic heterocycles. The molecule has 3 heteroatoms. The molecule has 1 saturated heterocycles. The normalized spacial score (nSPS) is 27.9. The number of hydrogen-bond acceptors (Lipinski definition) is 3. The molecule has 0 aromatic rings. The van der Waals surface area contributed by atoms with Crippen molar-refractivity contribution in [2.24, 2.45) is 11.1 Å². The minimum atomic E-state index is 0.446. The molecule has 2 rings (SSSR count). The van der Waals surface area contributed by atoms with E-state index >= 15 is 0 Å². The Labute approximate surface area is 106 Å². The molecular formula is C14H29N3. The van der Waals surface area contributed by atoms with Crippen LogP contribution in [0.25, 0.3) is 0 Å². The molecule has 1 saturated carbocycles. The highest BCUT2D eigenvalue weighted by molar-refractivity contribution is 4.87. The first kappa shape index (κ1) is 13.3. The van der Waals surface area contributed by atoms with Gasteiger partial charge < -0.3 is 15.5 Å². The lowest BCUT2D eigenvalue weighted by Gasteiger charge is -2.40. The molecule has 1 heterocycles. The average molecular weight is 239 g/mol. The van der Waals surface area contributed by atoms with Crippen LogP contribution in [0.1, 0.15) is 38.5 Å². The Kier molecular flexibility index (Phi) is 4.83. The third kappa shape index (κ3) is 3.67. The van der Waals surface area contributed by atoms with Gasteiger partial charge >= 0.3 is 0 Å². The molecule has 0 amide bonds. The van der Waals surface area contributed by atoms with Gasteiger partial charge in [0.25, 0.3) is 0 Å². The maximum atomic E-state index is 6.08. The minimum absolute atomic E-state index is 0.446. The molecule has 0 spiro atoms. The van der Waals surface area contributed by atoms with Gasteiger partial charge in [0.1, 0.15) is 0 Å². The molecule has 0 bridgehead atoms. The number of hydrogen-bond donors (Lipinski definition) is 1. The zero-order valence-electron chi connectivity index (χ0n) is 11.5. The number of rotatable bonds is 3. The predicted octanol–water partition coefficient (Wildman–Crippen LogP) is 1.53. The van der Waals surface area contributed by atoms with Crippen LogP contribution in [0.3, 0.4) is 0 Å². The van der Waals surface area contributed by atoms with Crippen molar-refractivity contribution >= 4 is 0 Å². The highest BCUT2D eigenvalue weighted by atomic mass is 15.2. The Morgan fingerprint density at radius 3 is 2.41 bits per heavy atom. The molecule has 3 nitrogen and oxygen atoms in total. The molecule has 0 aromatic heterocycles. The Bertz CT molecular complexity index is 224. The predicted molar refractivity (Wildman–Crippen MR) is 73.1 cm³/mol. The lowest BCUT2D eigenvalue weighted by Crippen LogP contribution is -2.45. The van der Waals surface area contributed by atoms with Crippen LogP contribution < -0.4 is 5.73 Å². The lowest BCUT2D eigenvalue weighted by molar-refractivity contribution is 0.114. The van der Waals surface area contributed by atoms with E-state index in [2.05, 4.69) is 16.8 Å². The summed E-state index contributed by atoms with van der Waals surface area (Å²) in [5, 5.41) is 0. The summed E-state index contributed by atoms with van der Waals surface area (Å²) in [6.45, 7) is 7.12. The van der Waals surface area contributed by atoms with Crippen molar-refractivity contribution in [2.75, 3.05) is 46.3 Å². The van der Waals surface area contributed by atoms with E-state index in [9.17, 15) is 0 Å². The molecule has 2 fully saturated rings. The molecule has 17 heavy (non-hydrogen) atoms. The summed E-state index contributed by atoms with van der Waals surface area (Å²) in [6, 6.07) is 0. The zero-order chi connectivity index (χ0) is 12.1. The Hall–Kier alpha value is -0.120. The number of likely N-dealkylation sites (N-methyl/N-ethyl adjacent to an activating group) is 1. The van der Waals surface area contributed by atoms with E-state index in [1.54, 1.807) is 0 Å². The van der Waals surface area contributed by atoms with Crippen LogP contribution in [0.2, 0.25) is 0 Å². The van der Waals surface area contributed by atoms with Crippen molar-refractivity contribution in [2.45, 2.75) is 38.5 Å². The molecule has 100 valence electrons. The van der Waals surface area contributed by atoms with Gasteiger partial charge in [-0.25, -0.2) is 0 Å². The second-order valence-electron chi connectivity index (χ2n) is 6.20. The Morgan fingerprint density at radius 1 is 0.941 bits per heavy atom. The van der Waals surface area contributed by atoms with Crippen LogP contribution in [0.5, 0.6) is 0 Å². The van der Waals surface area contributed by atoms with Crippen LogP contribution in [0.4, 0.5) is 0 Å². The lowest BCUT2D eigenvalue weighted by atomic mass is 9.73. The van der Waals surface area contributed by atoms with E-state index in [0.29, 0.717) is 5.41 Å². The van der Waals surface area contributed by atoms with E-state index < -0.39 is 0 Å². The van der Waals surface area contributed by atoms with Gasteiger partial charge in [0.2, 0.25) is 0 Å². The van der Waals surface area contributed by atoms with Gasteiger partial charge in [0, 0.05) is 19.6 Å². The van der Waals surface area contributed by atoms with Crippen molar-refractivity contribution in [3.63, 3.8) is 0 Å². The van der Waals surface area contributed by atoms with Crippen LogP contribution >= 0.6 is 0 Å². The van der Waals surface area contributed by atoms with Crippen LogP contribution in [-0.4, -0.2) is 56.1 Å². The standard InChI is InChI=1S/C14H29N3/c1-16-8-5-9-17(11-10-16)13-14(12-15)6-3-2-4-7-14/h2-13,15H2,1H3. The third-order valence-corrected chi connectivity index (χ3v) is 4.72. The maximum Gasteiger partial charge on any atom is 0.0109 e. The van der Waals surface area contributed by atoms with Gasteiger partial charge in [-0.1, -0.05) is 19.3 Å². The highest BCUT2D eigenvalue weighted by Crippen LogP contribution is 2.36. The first-order chi connectivity index (χ1) is 8.24. The van der Waals surface area contributed by atoms with Crippen LogP contribution in [-0.2, 0) is 0 Å². The van der Waals surface area contributed by atoms with Gasteiger partial charge in [-0.2, -0.15) is 0 Å². The topological polar surface area (TPSA) is 32.5 Å². The summed E-state index contributed by atoms with van der Waals surface area (Å²) >= 11 is 0. The van der Waals surface area contributed by atoms with Gasteiger partial charge in [-0.05, 0) is 51.4 Å². The Morgan fingerprint density at radius 2 is 1.71 bits per heavy atom. The van der Waals surface area contributed by atoms with Crippen molar-refractivity contribution in [1.82, 2.24) is 9.80 Å². The minimum Gasteiger partial charge on any atom is -0.330 e. The monoisotopic (exact) mass is 239 g/mol. The summed E-state index contributed by atoms with van der Waals surface area (Å²) in [5.41, 5.74) is 6.53. The fourth-order valence-corrected chi connectivity index (χ4v) is 3.46. The first-order valence-corrected chi connectivity index (χ1v) is 7.35. The molecular weight excluding hydrogens is 210 g/mol. The number of nitrogens with zero attached hydrogens (tertiary/aromatic N) is 2. The van der Waals surface area contributed by atoms with Crippen LogP contribution in [0, 0.1) is 5.41 Å². The summed E-state index contributed by atoms with van der Waals surface area (Å²) in [7, 11) is 2.24. The van der Waals surface area contributed by atoms with Gasteiger partial charge in [0.05, 0.1) is 0 Å². The molecule has 0 unspecified atom stereocenters. The largest absolute Gasteiger partial charge is 0.330 e. The van der Waals surface area contributed by atoms with Gasteiger partial charge in [-0.3, -0.25) is 0 Å². The second-order valence-corrected chi connectivity index (χ2v) is 6.20. The fraction of sp³-hybridized carbons (Fsp3) is 1.00. The molecule has 0 atom stereocenters. The van der Waals surface area contributed by atoms with Crippen molar-refractivity contribution in [3.05, 3.63) is 0 Å². The smallest absolute Gasteiger partial charge is 0.0109 e. The molecule has 2 aliphatic rings. The second kappa shape index (κ2) is 6.17. The average Bonchev–Trinajstić information content (AvgIpc) is 2.56. The number of nitrogens with two attached hydrogens (primary N) is 1. The fourth-order valence-electron chi connectivity index (χ4n) is 3.46. The van der Waals surface area contributed by atoms with Crippen molar-refractivity contribution < 1.29 is 0 Å². The molecule has 2 N–H and O–H groups in total. The third-order valence-electron chi connectivity index (χ3n) is 4.72. The molecule has 0 aromatic carbocycles. The summed E-state index contributed by atoms with van der Waals surface area (Å²) in [5.74, 6) is 0. The summed E-state index contributed by atoms with van der Waals surface area (Å²) < 4.78 is 0. The molecule has 1 aliphatic carbocycles. The maximum absolute atomic E-state index is 6.08. The summed E-state index contributed by atoms with van der Waals surface area (Å²) in [4.78, 5) is 5.12. The van der Waals surface area contributed by atoms with Crippen molar-refractivity contribution in [1.29, 1.82) is 0 Å². The zero-order valence-corrected chi connectivity index (χ0v) is 11.5. The van der Waals surface area contributed by atoms with Gasteiger partial charge in [-0.15, -0.1) is 0 Å². The molecule has 0 radical (unpaired) electrons. The van der Waals surface area contributed by atoms with E-state index in [1.807, 2.05) is 0 Å². The first-order valence-electron chi connectivity index (χ1n) is 7.35. The SMILES string of the molecule is CN1CCCN(CC2(CN)CCCCC2)CC1. The Balaban J connectivity index is 1.88. The van der Waals surface area contributed by atoms with Crippen molar-refractivity contribution in [3.8, 4) is 0 Å².